The van der Waals surface area contributed by atoms with Crippen molar-refractivity contribution in [2.45, 2.75) is 13.3 Å². The minimum Gasteiger partial charge on any atom is -0.354 e. The van der Waals surface area contributed by atoms with Gasteiger partial charge in [0.2, 0.25) is 15.9 Å². The van der Waals surface area contributed by atoms with E-state index in [0.29, 0.717) is 17.5 Å². The van der Waals surface area contributed by atoms with Crippen molar-refractivity contribution in [1.82, 2.24) is 5.32 Å². The maximum absolute atomic E-state index is 13.6. The van der Waals surface area contributed by atoms with Crippen LogP contribution in [-0.2, 0) is 21.2 Å². The summed E-state index contributed by atoms with van der Waals surface area (Å²) in [6.07, 6.45) is 1.29. The Labute approximate surface area is 158 Å². The van der Waals surface area contributed by atoms with E-state index in [1.54, 1.807) is 18.2 Å². The van der Waals surface area contributed by atoms with Crippen LogP contribution < -0.4 is 9.62 Å². The lowest BCUT2D eigenvalue weighted by molar-refractivity contribution is -0.119. The average Bonchev–Trinajstić information content (AvgIpc) is 2.60. The standard InChI is InChI=1S/C19H21FN2O4S/c1-14(23)15-7-9-17(10-8-15)22(27(2,25)26)13-19(24)21-12-11-16-5-3-4-6-18(16)20/h3-10H,11-13H2,1-2H3,(H,21,24). The van der Waals surface area contributed by atoms with Crippen molar-refractivity contribution in [2.75, 3.05) is 23.7 Å². The second kappa shape index (κ2) is 8.77. The lowest BCUT2D eigenvalue weighted by Gasteiger charge is -2.22. The average molecular weight is 392 g/mol. The molecule has 0 spiro atoms. The summed E-state index contributed by atoms with van der Waals surface area (Å²) in [4.78, 5) is 23.5. The molecule has 0 saturated heterocycles. The summed E-state index contributed by atoms with van der Waals surface area (Å²) in [5, 5.41) is 2.59. The van der Waals surface area contributed by atoms with E-state index in [-0.39, 0.29) is 23.8 Å². The molecule has 27 heavy (non-hydrogen) atoms. The number of ketones is 1. The zero-order chi connectivity index (χ0) is 20.0. The molecule has 1 N–H and O–H groups in total. The van der Waals surface area contributed by atoms with Crippen LogP contribution in [0.4, 0.5) is 10.1 Å². The highest BCUT2D eigenvalue weighted by Gasteiger charge is 2.21. The van der Waals surface area contributed by atoms with Crippen molar-refractivity contribution in [2.24, 2.45) is 0 Å². The third-order valence-corrected chi connectivity index (χ3v) is 5.06. The molecular formula is C19H21FN2O4S. The molecule has 0 atom stereocenters. The lowest BCUT2D eigenvalue weighted by Crippen LogP contribution is -2.41. The van der Waals surface area contributed by atoms with Gasteiger partial charge in [0.05, 0.1) is 11.9 Å². The highest BCUT2D eigenvalue weighted by molar-refractivity contribution is 7.92. The number of sulfonamides is 1. The van der Waals surface area contributed by atoms with Gasteiger partial charge in [0.15, 0.2) is 5.78 Å². The molecule has 0 saturated carbocycles. The van der Waals surface area contributed by atoms with Gasteiger partial charge in [0.1, 0.15) is 12.4 Å². The van der Waals surface area contributed by atoms with Gasteiger partial charge in [-0.25, -0.2) is 12.8 Å². The zero-order valence-electron chi connectivity index (χ0n) is 15.1. The minimum atomic E-state index is -3.70. The Hall–Kier alpha value is -2.74. The monoisotopic (exact) mass is 392 g/mol. The van der Waals surface area contributed by atoms with E-state index in [1.807, 2.05) is 0 Å². The summed E-state index contributed by atoms with van der Waals surface area (Å²) < 4.78 is 38.6. The Balaban J connectivity index is 2.02. The van der Waals surface area contributed by atoms with Crippen molar-refractivity contribution in [1.29, 1.82) is 0 Å². The maximum atomic E-state index is 13.6. The molecule has 2 aromatic rings. The predicted molar refractivity (Wildman–Crippen MR) is 102 cm³/mol. The number of nitrogens with one attached hydrogen (secondary N) is 1. The molecule has 8 heteroatoms. The molecule has 0 bridgehead atoms. The predicted octanol–water partition coefficient (Wildman–Crippen LogP) is 2.15. The first-order chi connectivity index (χ1) is 12.7. The minimum absolute atomic E-state index is 0.140. The highest BCUT2D eigenvalue weighted by atomic mass is 32.2. The fourth-order valence-electron chi connectivity index (χ4n) is 2.49. The van der Waals surface area contributed by atoms with Gasteiger partial charge in [-0.2, -0.15) is 0 Å². The summed E-state index contributed by atoms with van der Waals surface area (Å²) in [5.74, 6) is -0.999. The fraction of sp³-hybridized carbons (Fsp3) is 0.263. The Kier molecular flexibility index (Phi) is 6.68. The largest absolute Gasteiger partial charge is 0.354 e. The number of hydrogen-bond acceptors (Lipinski definition) is 4. The second-order valence-corrected chi connectivity index (χ2v) is 7.97. The van der Waals surface area contributed by atoms with Crippen molar-refractivity contribution in [3.63, 3.8) is 0 Å². The number of carbonyl (C=O) groups is 2. The van der Waals surface area contributed by atoms with Gasteiger partial charge in [-0.1, -0.05) is 18.2 Å². The van der Waals surface area contributed by atoms with E-state index in [4.69, 9.17) is 0 Å². The number of hydrogen-bond donors (Lipinski definition) is 1. The van der Waals surface area contributed by atoms with Gasteiger partial charge < -0.3 is 5.32 Å². The zero-order valence-corrected chi connectivity index (χ0v) is 15.9. The maximum Gasteiger partial charge on any atom is 0.240 e. The third kappa shape index (κ3) is 5.89. The van der Waals surface area contributed by atoms with Crippen LogP contribution in [0, 0.1) is 5.82 Å². The summed E-state index contributed by atoms with van der Waals surface area (Å²) in [7, 11) is -3.70. The van der Waals surface area contributed by atoms with Gasteiger partial charge in [-0.3, -0.25) is 13.9 Å². The van der Waals surface area contributed by atoms with E-state index in [0.717, 1.165) is 10.6 Å². The molecule has 0 aliphatic carbocycles. The normalized spacial score (nSPS) is 11.1. The summed E-state index contributed by atoms with van der Waals surface area (Å²) in [6, 6.07) is 12.2. The number of halogens is 1. The smallest absolute Gasteiger partial charge is 0.240 e. The van der Waals surface area contributed by atoms with Gasteiger partial charge in [-0.15, -0.1) is 0 Å². The van der Waals surface area contributed by atoms with Crippen LogP contribution in [0.5, 0.6) is 0 Å². The molecule has 0 aliphatic heterocycles. The van der Waals surface area contributed by atoms with Gasteiger partial charge in [0.25, 0.3) is 0 Å². The second-order valence-electron chi connectivity index (χ2n) is 6.06. The first-order valence-corrected chi connectivity index (χ1v) is 10.1. The van der Waals surface area contributed by atoms with Gasteiger partial charge in [0, 0.05) is 12.1 Å². The number of Topliss-reactive ketones (excluding diaryl/α,β-unsaturated/α-hetero) is 1. The van der Waals surface area contributed by atoms with Crippen LogP contribution in [0.15, 0.2) is 48.5 Å². The van der Waals surface area contributed by atoms with Crippen LogP contribution >= 0.6 is 0 Å². The summed E-state index contributed by atoms with van der Waals surface area (Å²) in [5.41, 5.74) is 1.20. The number of carbonyl (C=O) groups excluding carboxylic acids is 2. The first kappa shape index (κ1) is 20.6. The SMILES string of the molecule is CC(=O)c1ccc(N(CC(=O)NCCc2ccccc2F)S(C)(=O)=O)cc1. The molecule has 0 aromatic heterocycles. The van der Waals surface area contributed by atoms with Gasteiger partial charge in [-0.05, 0) is 49.2 Å². The molecule has 2 rings (SSSR count). The van der Waals surface area contributed by atoms with E-state index < -0.39 is 22.5 Å². The Morgan fingerprint density at radius 1 is 1.07 bits per heavy atom. The van der Waals surface area contributed by atoms with Gasteiger partial charge >= 0.3 is 0 Å². The van der Waals surface area contributed by atoms with Crippen LogP contribution in [0.1, 0.15) is 22.8 Å². The highest BCUT2D eigenvalue weighted by Crippen LogP contribution is 2.18. The molecule has 0 unspecified atom stereocenters. The Morgan fingerprint density at radius 2 is 1.70 bits per heavy atom. The van der Waals surface area contributed by atoms with E-state index in [9.17, 15) is 22.4 Å². The quantitative estimate of drug-likeness (QED) is 0.698. The number of nitrogens with zero attached hydrogens (tertiary/aromatic N) is 1. The lowest BCUT2D eigenvalue weighted by atomic mass is 10.1. The third-order valence-electron chi connectivity index (χ3n) is 3.92. The van der Waals surface area contributed by atoms with Crippen LogP contribution in [0.25, 0.3) is 0 Å². The van der Waals surface area contributed by atoms with E-state index >= 15 is 0 Å². The van der Waals surface area contributed by atoms with E-state index in [1.165, 1.54) is 37.3 Å². The van der Waals surface area contributed by atoms with Crippen molar-refractivity contribution >= 4 is 27.4 Å². The van der Waals surface area contributed by atoms with Crippen LogP contribution in [0.3, 0.4) is 0 Å². The number of amides is 1. The van der Waals surface area contributed by atoms with Crippen molar-refractivity contribution in [3.05, 3.63) is 65.5 Å². The molecule has 0 fully saturated rings. The van der Waals surface area contributed by atoms with E-state index in [2.05, 4.69) is 5.32 Å². The topological polar surface area (TPSA) is 83.6 Å². The van der Waals surface area contributed by atoms with Crippen molar-refractivity contribution in [3.8, 4) is 0 Å². The molecule has 2 aromatic carbocycles. The molecule has 0 heterocycles. The number of benzene rings is 2. The van der Waals surface area contributed by atoms with Crippen molar-refractivity contribution < 1.29 is 22.4 Å². The molecule has 0 aliphatic rings. The first-order valence-electron chi connectivity index (χ1n) is 8.27. The summed E-state index contributed by atoms with van der Waals surface area (Å²) >= 11 is 0. The molecule has 0 radical (unpaired) electrons. The Morgan fingerprint density at radius 3 is 2.26 bits per heavy atom. The number of rotatable bonds is 8. The molecule has 144 valence electrons. The van der Waals surface area contributed by atoms with Crippen LogP contribution in [0.2, 0.25) is 0 Å². The Bertz CT molecular complexity index is 927. The van der Waals surface area contributed by atoms with Crippen LogP contribution in [-0.4, -0.2) is 39.5 Å². The fourth-order valence-corrected chi connectivity index (χ4v) is 3.34. The number of anilines is 1. The molecular weight excluding hydrogens is 371 g/mol. The molecule has 1 amide bonds. The molecule has 6 nitrogen and oxygen atoms in total. The summed E-state index contributed by atoms with van der Waals surface area (Å²) in [6.45, 7) is 1.18.